The van der Waals surface area contributed by atoms with Gasteiger partial charge in [0.05, 0.1) is 5.52 Å². The van der Waals surface area contributed by atoms with Crippen LogP contribution in [0.2, 0.25) is 0 Å². The van der Waals surface area contributed by atoms with Crippen molar-refractivity contribution in [3.63, 3.8) is 0 Å². The van der Waals surface area contributed by atoms with Crippen molar-refractivity contribution >= 4 is 16.8 Å². The van der Waals surface area contributed by atoms with Gasteiger partial charge in [0.2, 0.25) is 0 Å². The quantitative estimate of drug-likeness (QED) is 0.715. The molecule has 0 radical (unpaired) electrons. The van der Waals surface area contributed by atoms with Crippen LogP contribution in [0.3, 0.4) is 0 Å². The first kappa shape index (κ1) is 17.7. The summed E-state index contributed by atoms with van der Waals surface area (Å²) >= 11 is 0. The highest BCUT2D eigenvalue weighted by atomic mass is 19.4. The van der Waals surface area contributed by atoms with Gasteiger partial charge >= 0.3 is 6.18 Å². The molecule has 2 heterocycles. The number of nitrogens with one attached hydrogen (secondary N) is 1. The number of rotatable bonds is 3. The van der Waals surface area contributed by atoms with Gasteiger partial charge in [-0.05, 0) is 29.8 Å². The summed E-state index contributed by atoms with van der Waals surface area (Å²) < 4.78 is 63.3. The summed E-state index contributed by atoms with van der Waals surface area (Å²) in [5, 5.41) is 2.21. The van der Waals surface area contributed by atoms with Crippen LogP contribution >= 0.6 is 0 Å². The molecule has 0 aliphatic heterocycles. The smallest absolute Gasteiger partial charge is 0.342 e. The number of fused-ring (bicyclic) bond motifs is 1. The van der Waals surface area contributed by atoms with Gasteiger partial charge in [-0.15, -0.1) is 0 Å². The number of benzene rings is 1. The molecule has 0 aliphatic carbocycles. The van der Waals surface area contributed by atoms with Crippen LogP contribution in [0.5, 0.6) is 0 Å². The van der Waals surface area contributed by atoms with E-state index in [1.807, 2.05) is 0 Å². The molecule has 0 saturated heterocycles. The third-order valence-electron chi connectivity index (χ3n) is 3.51. The van der Waals surface area contributed by atoms with Crippen molar-refractivity contribution in [2.45, 2.75) is 6.18 Å². The fourth-order valence-electron chi connectivity index (χ4n) is 2.32. The minimum atomic E-state index is -4.55. The largest absolute Gasteiger partial charge is 0.405 e. The van der Waals surface area contributed by atoms with Crippen molar-refractivity contribution in [3.05, 3.63) is 60.1 Å². The molecule has 1 amide bonds. The Labute approximate surface area is 143 Å². The SMILES string of the molecule is O=C(NCC(F)(F)F)c1ccc2cncc(-c3ccc(F)c(F)c3)c2n1. The Hall–Kier alpha value is -3.10. The van der Waals surface area contributed by atoms with Crippen LogP contribution < -0.4 is 5.32 Å². The maximum Gasteiger partial charge on any atom is 0.405 e. The Morgan fingerprint density at radius 1 is 1.04 bits per heavy atom. The van der Waals surface area contributed by atoms with E-state index in [4.69, 9.17) is 0 Å². The molecule has 134 valence electrons. The van der Waals surface area contributed by atoms with Crippen molar-refractivity contribution in [1.82, 2.24) is 15.3 Å². The number of aromatic nitrogens is 2. The molecule has 3 aromatic rings. The van der Waals surface area contributed by atoms with E-state index in [9.17, 15) is 26.7 Å². The van der Waals surface area contributed by atoms with Crippen molar-refractivity contribution in [2.75, 3.05) is 6.54 Å². The monoisotopic (exact) mass is 367 g/mol. The average Bonchev–Trinajstić information content (AvgIpc) is 2.60. The molecule has 1 N–H and O–H groups in total. The fourth-order valence-corrected chi connectivity index (χ4v) is 2.32. The Kier molecular flexibility index (Phi) is 4.54. The predicted molar refractivity (Wildman–Crippen MR) is 83.3 cm³/mol. The Balaban J connectivity index is 2.03. The fraction of sp³-hybridized carbons (Fsp3) is 0.118. The molecule has 0 spiro atoms. The van der Waals surface area contributed by atoms with Crippen molar-refractivity contribution in [3.8, 4) is 11.1 Å². The van der Waals surface area contributed by atoms with Gasteiger partial charge in [-0.2, -0.15) is 13.2 Å². The summed E-state index contributed by atoms with van der Waals surface area (Å²) in [5.74, 6) is -3.10. The Morgan fingerprint density at radius 3 is 2.50 bits per heavy atom. The van der Waals surface area contributed by atoms with E-state index in [-0.39, 0.29) is 16.8 Å². The lowest BCUT2D eigenvalue weighted by Gasteiger charge is -2.10. The van der Waals surface area contributed by atoms with Crippen LogP contribution in [0, 0.1) is 11.6 Å². The zero-order valence-electron chi connectivity index (χ0n) is 12.9. The highest BCUT2D eigenvalue weighted by Crippen LogP contribution is 2.27. The number of halogens is 5. The summed E-state index contributed by atoms with van der Waals surface area (Å²) in [7, 11) is 0. The number of hydrogen-bond donors (Lipinski definition) is 1. The zero-order valence-corrected chi connectivity index (χ0v) is 12.9. The average molecular weight is 367 g/mol. The highest BCUT2D eigenvalue weighted by Gasteiger charge is 2.28. The third kappa shape index (κ3) is 3.76. The molecule has 3 rings (SSSR count). The van der Waals surface area contributed by atoms with E-state index in [2.05, 4.69) is 9.97 Å². The summed E-state index contributed by atoms with van der Waals surface area (Å²) in [5.41, 5.74) is 0.566. The minimum Gasteiger partial charge on any atom is -0.342 e. The second-order valence-corrected chi connectivity index (χ2v) is 5.38. The van der Waals surface area contributed by atoms with Crippen LogP contribution in [-0.4, -0.2) is 28.6 Å². The van der Waals surface area contributed by atoms with Gasteiger partial charge in [0.1, 0.15) is 12.2 Å². The van der Waals surface area contributed by atoms with Crippen LogP contribution in [0.25, 0.3) is 22.0 Å². The van der Waals surface area contributed by atoms with Gasteiger partial charge in [0.25, 0.3) is 5.91 Å². The minimum absolute atomic E-state index is 0.227. The molecule has 0 saturated carbocycles. The van der Waals surface area contributed by atoms with Crippen LogP contribution in [0.4, 0.5) is 22.0 Å². The van der Waals surface area contributed by atoms with E-state index >= 15 is 0 Å². The van der Waals surface area contributed by atoms with Gasteiger partial charge in [-0.25, -0.2) is 13.8 Å². The number of hydrogen-bond acceptors (Lipinski definition) is 3. The normalized spacial score (nSPS) is 11.6. The Morgan fingerprint density at radius 2 is 1.81 bits per heavy atom. The molecule has 0 fully saturated rings. The highest BCUT2D eigenvalue weighted by molar-refractivity contribution is 5.98. The van der Waals surface area contributed by atoms with Crippen molar-refractivity contribution in [2.24, 2.45) is 0 Å². The maximum atomic E-state index is 13.5. The van der Waals surface area contributed by atoms with Crippen molar-refractivity contribution in [1.29, 1.82) is 0 Å². The number of alkyl halides is 3. The van der Waals surface area contributed by atoms with Gasteiger partial charge in [0.15, 0.2) is 11.6 Å². The molecule has 0 unspecified atom stereocenters. The van der Waals surface area contributed by atoms with E-state index in [0.717, 1.165) is 12.1 Å². The molecule has 9 heteroatoms. The van der Waals surface area contributed by atoms with Crippen LogP contribution in [0.1, 0.15) is 10.5 Å². The third-order valence-corrected chi connectivity index (χ3v) is 3.51. The van der Waals surface area contributed by atoms with Gasteiger partial charge in [0, 0.05) is 23.3 Å². The molecular weight excluding hydrogens is 357 g/mol. The first-order chi connectivity index (χ1) is 12.2. The summed E-state index contributed by atoms with van der Waals surface area (Å²) in [6, 6.07) is 5.91. The molecule has 2 aromatic heterocycles. The lowest BCUT2D eigenvalue weighted by molar-refractivity contribution is -0.123. The van der Waals surface area contributed by atoms with E-state index < -0.39 is 30.3 Å². The number of amides is 1. The van der Waals surface area contributed by atoms with Gasteiger partial charge < -0.3 is 5.32 Å². The second kappa shape index (κ2) is 6.66. The summed E-state index contributed by atoms with van der Waals surface area (Å²) in [6.07, 6.45) is -1.77. The molecule has 1 aromatic carbocycles. The predicted octanol–water partition coefficient (Wildman–Crippen LogP) is 3.87. The standard InChI is InChI=1S/C17H10F5N3O/c18-12-3-1-9(5-13(12)19)11-7-23-6-10-2-4-14(25-15(10)11)16(26)24-8-17(20,21)22/h1-7H,8H2,(H,24,26). The molecular formula is C17H10F5N3O. The van der Waals surface area contributed by atoms with Crippen LogP contribution in [-0.2, 0) is 0 Å². The van der Waals surface area contributed by atoms with Gasteiger partial charge in [-0.1, -0.05) is 6.07 Å². The molecule has 0 aliphatic rings. The van der Waals surface area contributed by atoms with E-state index in [1.54, 1.807) is 5.32 Å². The lowest BCUT2D eigenvalue weighted by Crippen LogP contribution is -2.34. The molecule has 0 atom stereocenters. The summed E-state index contributed by atoms with van der Waals surface area (Å²) in [4.78, 5) is 19.9. The van der Waals surface area contributed by atoms with Gasteiger partial charge in [-0.3, -0.25) is 9.78 Å². The Bertz CT molecular complexity index is 988. The van der Waals surface area contributed by atoms with Crippen LogP contribution in [0.15, 0.2) is 42.7 Å². The summed E-state index contributed by atoms with van der Waals surface area (Å²) in [6.45, 7) is -1.49. The molecule has 4 nitrogen and oxygen atoms in total. The molecule has 0 bridgehead atoms. The first-order valence-electron chi connectivity index (χ1n) is 7.30. The number of nitrogens with zero attached hydrogens (tertiary/aromatic N) is 2. The first-order valence-corrected chi connectivity index (χ1v) is 7.30. The maximum absolute atomic E-state index is 13.5. The number of pyridine rings is 2. The number of carbonyl (C=O) groups is 1. The second-order valence-electron chi connectivity index (χ2n) is 5.38. The van der Waals surface area contributed by atoms with E-state index in [0.29, 0.717) is 10.9 Å². The van der Waals surface area contributed by atoms with Crippen molar-refractivity contribution < 1.29 is 26.7 Å². The number of carbonyl (C=O) groups excluding carboxylic acids is 1. The zero-order chi connectivity index (χ0) is 18.9. The lowest BCUT2D eigenvalue weighted by atomic mass is 10.0. The molecule has 26 heavy (non-hydrogen) atoms. The topological polar surface area (TPSA) is 54.9 Å². The van der Waals surface area contributed by atoms with E-state index in [1.165, 1.54) is 30.6 Å².